The van der Waals surface area contributed by atoms with Crippen molar-refractivity contribution in [3.05, 3.63) is 76.3 Å². The Morgan fingerprint density at radius 1 is 1.17 bits per heavy atom. The molecule has 0 atom stereocenters. The molecule has 0 N–H and O–H groups in total. The van der Waals surface area contributed by atoms with Gasteiger partial charge in [0.05, 0.1) is 16.8 Å². The summed E-state index contributed by atoms with van der Waals surface area (Å²) in [5, 5.41) is 13.5. The van der Waals surface area contributed by atoms with Crippen molar-refractivity contribution in [1.82, 2.24) is 10.1 Å². The summed E-state index contributed by atoms with van der Waals surface area (Å²) in [7, 11) is 0. The van der Waals surface area contributed by atoms with E-state index < -0.39 is 0 Å². The quantitative estimate of drug-likeness (QED) is 0.714. The van der Waals surface area contributed by atoms with Gasteiger partial charge < -0.3 is 9.26 Å². The van der Waals surface area contributed by atoms with Gasteiger partial charge in [-0.15, -0.1) is 0 Å². The summed E-state index contributed by atoms with van der Waals surface area (Å²) in [6, 6.07) is 12.9. The fraction of sp³-hybridized carbons (Fsp3) is 0.118. The lowest BCUT2D eigenvalue weighted by molar-refractivity contribution is 0.291. The Kier molecular flexibility index (Phi) is 4.55. The predicted molar refractivity (Wildman–Crippen MR) is 84.0 cm³/mol. The molecule has 0 saturated heterocycles. The number of nitriles is 1. The second-order valence-electron chi connectivity index (χ2n) is 4.88. The van der Waals surface area contributed by atoms with Crippen LogP contribution in [0.15, 0.2) is 53.4 Å². The SMILES string of the molecule is N#Cc1ccc(OCc2conc2Cc2ccc(Cl)cc2)nc1. The fourth-order valence-corrected chi connectivity index (χ4v) is 2.15. The third-order valence-corrected chi connectivity index (χ3v) is 3.51. The van der Waals surface area contributed by atoms with E-state index in [0.29, 0.717) is 29.5 Å². The molecule has 23 heavy (non-hydrogen) atoms. The molecule has 1 aromatic carbocycles. The Hall–Kier alpha value is -2.84. The number of pyridine rings is 1. The van der Waals surface area contributed by atoms with E-state index in [1.54, 1.807) is 18.4 Å². The van der Waals surface area contributed by atoms with Crippen molar-refractivity contribution in [1.29, 1.82) is 5.26 Å². The smallest absolute Gasteiger partial charge is 0.213 e. The van der Waals surface area contributed by atoms with Crippen molar-refractivity contribution in [3.8, 4) is 11.9 Å². The molecular formula is C17H12ClN3O2. The van der Waals surface area contributed by atoms with E-state index in [2.05, 4.69) is 10.1 Å². The molecule has 114 valence electrons. The topological polar surface area (TPSA) is 71.9 Å². The maximum atomic E-state index is 8.74. The van der Waals surface area contributed by atoms with Crippen molar-refractivity contribution >= 4 is 11.6 Å². The second-order valence-corrected chi connectivity index (χ2v) is 5.31. The van der Waals surface area contributed by atoms with Crippen LogP contribution in [0.4, 0.5) is 0 Å². The average molecular weight is 326 g/mol. The zero-order valence-corrected chi connectivity index (χ0v) is 12.8. The molecule has 0 unspecified atom stereocenters. The first kappa shape index (κ1) is 15.1. The van der Waals surface area contributed by atoms with Crippen LogP contribution in [0, 0.1) is 11.3 Å². The Labute approximate surface area is 138 Å². The average Bonchev–Trinajstić information content (AvgIpc) is 3.02. The van der Waals surface area contributed by atoms with Gasteiger partial charge in [-0.05, 0) is 23.8 Å². The van der Waals surface area contributed by atoms with Gasteiger partial charge in [0.1, 0.15) is 18.9 Å². The summed E-state index contributed by atoms with van der Waals surface area (Å²) < 4.78 is 10.7. The number of ether oxygens (including phenoxy) is 1. The molecular weight excluding hydrogens is 314 g/mol. The van der Waals surface area contributed by atoms with Gasteiger partial charge in [-0.1, -0.05) is 28.9 Å². The first-order valence-electron chi connectivity index (χ1n) is 6.90. The summed E-state index contributed by atoms with van der Waals surface area (Å²) in [4.78, 5) is 4.06. The van der Waals surface area contributed by atoms with Crippen molar-refractivity contribution < 1.29 is 9.26 Å². The molecule has 0 spiro atoms. The van der Waals surface area contributed by atoms with Crippen molar-refractivity contribution in [2.45, 2.75) is 13.0 Å². The predicted octanol–water partition coefficient (Wildman–Crippen LogP) is 3.76. The van der Waals surface area contributed by atoms with Crippen molar-refractivity contribution in [2.75, 3.05) is 0 Å². The lowest BCUT2D eigenvalue weighted by Gasteiger charge is -2.05. The van der Waals surface area contributed by atoms with E-state index in [1.807, 2.05) is 30.3 Å². The highest BCUT2D eigenvalue weighted by atomic mass is 35.5. The number of hydrogen-bond acceptors (Lipinski definition) is 5. The summed E-state index contributed by atoms with van der Waals surface area (Å²) in [6.07, 6.45) is 3.67. The normalized spacial score (nSPS) is 10.3. The molecule has 0 bridgehead atoms. The molecule has 0 aliphatic carbocycles. The van der Waals surface area contributed by atoms with Crippen LogP contribution < -0.4 is 4.74 Å². The number of rotatable bonds is 5. The van der Waals surface area contributed by atoms with Gasteiger partial charge in [0, 0.05) is 23.7 Å². The largest absolute Gasteiger partial charge is 0.473 e. The molecule has 0 radical (unpaired) electrons. The van der Waals surface area contributed by atoms with E-state index in [1.165, 1.54) is 6.20 Å². The Balaban J connectivity index is 1.66. The van der Waals surface area contributed by atoms with Crippen LogP contribution in [0.25, 0.3) is 0 Å². The van der Waals surface area contributed by atoms with Gasteiger partial charge >= 0.3 is 0 Å². The minimum absolute atomic E-state index is 0.297. The van der Waals surface area contributed by atoms with Gasteiger partial charge in [-0.3, -0.25) is 0 Å². The molecule has 0 aliphatic rings. The molecule has 3 aromatic rings. The summed E-state index contributed by atoms with van der Waals surface area (Å²) >= 11 is 5.88. The highest BCUT2D eigenvalue weighted by Crippen LogP contribution is 2.17. The molecule has 3 rings (SSSR count). The van der Waals surface area contributed by atoms with Crippen LogP contribution in [0.5, 0.6) is 5.88 Å². The second kappa shape index (κ2) is 6.95. The molecule has 6 heteroatoms. The molecule has 0 fully saturated rings. The molecule has 0 aliphatic heterocycles. The van der Waals surface area contributed by atoms with Gasteiger partial charge in [-0.2, -0.15) is 5.26 Å². The summed E-state index contributed by atoms with van der Waals surface area (Å²) in [6.45, 7) is 0.297. The standard InChI is InChI=1S/C17H12ClN3O2/c18-15-4-1-12(2-5-15)7-16-14(11-23-21-16)10-22-17-6-3-13(8-19)9-20-17/h1-6,9,11H,7,10H2. The fourth-order valence-electron chi connectivity index (χ4n) is 2.02. The molecule has 2 heterocycles. The van der Waals surface area contributed by atoms with Gasteiger partial charge in [0.15, 0.2) is 0 Å². The van der Waals surface area contributed by atoms with E-state index in [-0.39, 0.29) is 0 Å². The third kappa shape index (κ3) is 3.87. The molecule has 0 saturated carbocycles. The minimum Gasteiger partial charge on any atom is -0.473 e. The first-order valence-corrected chi connectivity index (χ1v) is 7.28. The summed E-state index contributed by atoms with van der Waals surface area (Å²) in [5.41, 5.74) is 3.24. The summed E-state index contributed by atoms with van der Waals surface area (Å²) in [5.74, 6) is 0.447. The zero-order valence-electron chi connectivity index (χ0n) is 12.1. The van der Waals surface area contributed by atoms with Crippen LogP contribution in [0.1, 0.15) is 22.4 Å². The number of hydrogen-bond donors (Lipinski definition) is 0. The Morgan fingerprint density at radius 3 is 2.70 bits per heavy atom. The van der Waals surface area contributed by atoms with E-state index in [9.17, 15) is 0 Å². The van der Waals surface area contributed by atoms with Crippen LogP contribution >= 0.6 is 11.6 Å². The number of aromatic nitrogens is 2. The monoisotopic (exact) mass is 325 g/mol. The van der Waals surface area contributed by atoms with E-state index >= 15 is 0 Å². The lowest BCUT2D eigenvalue weighted by atomic mass is 10.1. The van der Waals surface area contributed by atoms with E-state index in [4.69, 9.17) is 26.1 Å². The first-order chi connectivity index (χ1) is 11.2. The Bertz CT molecular complexity index is 820. The van der Waals surface area contributed by atoms with Crippen LogP contribution in [0.3, 0.4) is 0 Å². The van der Waals surface area contributed by atoms with Gasteiger partial charge in [-0.25, -0.2) is 4.98 Å². The van der Waals surface area contributed by atoms with E-state index in [0.717, 1.165) is 16.8 Å². The molecule has 2 aromatic heterocycles. The van der Waals surface area contributed by atoms with Crippen LogP contribution in [0.2, 0.25) is 5.02 Å². The van der Waals surface area contributed by atoms with Crippen LogP contribution in [-0.4, -0.2) is 10.1 Å². The highest BCUT2D eigenvalue weighted by Gasteiger charge is 2.10. The molecule has 0 amide bonds. The maximum absolute atomic E-state index is 8.74. The maximum Gasteiger partial charge on any atom is 0.213 e. The number of nitrogens with zero attached hydrogens (tertiary/aromatic N) is 3. The molecule has 5 nitrogen and oxygen atoms in total. The van der Waals surface area contributed by atoms with Gasteiger partial charge in [0.25, 0.3) is 0 Å². The lowest BCUT2D eigenvalue weighted by Crippen LogP contribution is -2.00. The number of halogens is 1. The third-order valence-electron chi connectivity index (χ3n) is 3.25. The van der Waals surface area contributed by atoms with Gasteiger partial charge in [0.2, 0.25) is 5.88 Å². The zero-order chi connectivity index (χ0) is 16.1. The highest BCUT2D eigenvalue weighted by molar-refractivity contribution is 6.30. The van der Waals surface area contributed by atoms with Crippen LogP contribution in [-0.2, 0) is 13.0 Å². The van der Waals surface area contributed by atoms with Crippen molar-refractivity contribution in [2.24, 2.45) is 0 Å². The number of benzene rings is 1. The van der Waals surface area contributed by atoms with Crippen molar-refractivity contribution in [3.63, 3.8) is 0 Å². The minimum atomic E-state index is 0.297. The Morgan fingerprint density at radius 2 is 2.00 bits per heavy atom.